The second-order valence-electron chi connectivity index (χ2n) is 6.58. The summed E-state index contributed by atoms with van der Waals surface area (Å²) in [4.78, 5) is 13.6. The molecule has 1 aliphatic rings. The number of halogens is 1. The van der Waals surface area contributed by atoms with Crippen molar-refractivity contribution in [2.24, 2.45) is 4.99 Å². The number of nitrogens with one attached hydrogen (secondary N) is 2. The van der Waals surface area contributed by atoms with E-state index in [4.69, 9.17) is 0 Å². The van der Waals surface area contributed by atoms with Crippen LogP contribution < -0.4 is 15.5 Å². The number of aliphatic imine (C=N–C) groups is 1. The molecule has 1 aliphatic heterocycles. The Hall–Kier alpha value is -1.87. The summed E-state index contributed by atoms with van der Waals surface area (Å²) in [5.41, 5.74) is 2.44. The summed E-state index contributed by atoms with van der Waals surface area (Å²) in [6, 6.07) is 14.5. The van der Waals surface area contributed by atoms with Gasteiger partial charge in [-0.1, -0.05) is 30.3 Å². The standard InChI is InChI=1S/C20H28N6.HI/c1-21-20(23-15-17-6-4-3-5-7-17)24-16-18-8-9-22-19(14-18)26-12-10-25(2)11-13-26;/h3-9,14H,10-13,15-16H2,1-2H3,(H2,21,23,24);1H. The lowest BCUT2D eigenvalue weighted by Gasteiger charge is -2.33. The molecular formula is C20H29IN6. The van der Waals surface area contributed by atoms with Crippen molar-refractivity contribution in [3.05, 3.63) is 59.8 Å². The lowest BCUT2D eigenvalue weighted by molar-refractivity contribution is 0.312. The van der Waals surface area contributed by atoms with Gasteiger partial charge in [-0.25, -0.2) is 4.98 Å². The molecule has 2 heterocycles. The normalized spacial score (nSPS) is 15.2. The molecule has 1 fully saturated rings. The fraction of sp³-hybridized carbons (Fsp3) is 0.400. The second-order valence-corrected chi connectivity index (χ2v) is 6.58. The SMILES string of the molecule is CN=C(NCc1ccccc1)NCc1ccnc(N2CCN(C)CC2)c1.I. The Labute approximate surface area is 179 Å². The van der Waals surface area contributed by atoms with Gasteiger partial charge in [0.05, 0.1) is 0 Å². The molecule has 1 aromatic carbocycles. The predicted molar refractivity (Wildman–Crippen MR) is 123 cm³/mol. The number of piperazine rings is 1. The minimum Gasteiger partial charge on any atom is -0.354 e. The molecule has 6 nitrogen and oxygen atoms in total. The van der Waals surface area contributed by atoms with Crippen molar-refractivity contribution in [3.63, 3.8) is 0 Å². The zero-order valence-electron chi connectivity index (χ0n) is 16.1. The van der Waals surface area contributed by atoms with Crippen LogP contribution in [0.25, 0.3) is 0 Å². The Morgan fingerprint density at radius 3 is 2.33 bits per heavy atom. The van der Waals surface area contributed by atoms with Gasteiger partial charge in [0.2, 0.25) is 0 Å². The van der Waals surface area contributed by atoms with E-state index in [1.807, 2.05) is 24.4 Å². The maximum Gasteiger partial charge on any atom is 0.191 e. The molecule has 0 bridgehead atoms. The molecule has 3 rings (SSSR count). The Morgan fingerprint density at radius 2 is 1.67 bits per heavy atom. The molecule has 2 N–H and O–H groups in total. The molecule has 0 saturated carbocycles. The van der Waals surface area contributed by atoms with Crippen molar-refractivity contribution in [1.29, 1.82) is 0 Å². The third kappa shape index (κ3) is 6.66. The second kappa shape index (κ2) is 11.1. The van der Waals surface area contributed by atoms with Crippen LogP contribution >= 0.6 is 24.0 Å². The first-order valence-corrected chi connectivity index (χ1v) is 9.11. The third-order valence-electron chi connectivity index (χ3n) is 4.62. The van der Waals surface area contributed by atoms with Crippen LogP contribution in [0.15, 0.2) is 53.7 Å². The first-order chi connectivity index (χ1) is 12.7. The summed E-state index contributed by atoms with van der Waals surface area (Å²) in [5.74, 6) is 1.86. The molecular weight excluding hydrogens is 451 g/mol. The molecule has 2 aromatic rings. The summed E-state index contributed by atoms with van der Waals surface area (Å²) in [7, 11) is 3.96. The highest BCUT2D eigenvalue weighted by Crippen LogP contribution is 2.14. The summed E-state index contributed by atoms with van der Waals surface area (Å²) in [5, 5.41) is 6.72. The Bertz CT molecular complexity index is 713. The van der Waals surface area contributed by atoms with Gasteiger partial charge in [-0.3, -0.25) is 4.99 Å². The molecule has 7 heteroatoms. The quantitative estimate of drug-likeness (QED) is 0.391. The van der Waals surface area contributed by atoms with E-state index in [2.05, 4.69) is 61.7 Å². The highest BCUT2D eigenvalue weighted by atomic mass is 127. The van der Waals surface area contributed by atoms with Crippen LogP contribution in [0, 0.1) is 0 Å². The Balaban J connectivity index is 0.00000261. The van der Waals surface area contributed by atoms with E-state index in [9.17, 15) is 0 Å². The number of pyridine rings is 1. The molecule has 0 atom stereocenters. The maximum atomic E-state index is 4.55. The van der Waals surface area contributed by atoms with E-state index in [0.29, 0.717) is 0 Å². The topological polar surface area (TPSA) is 55.8 Å². The van der Waals surface area contributed by atoms with Gasteiger partial charge in [-0.05, 0) is 30.3 Å². The van der Waals surface area contributed by atoms with E-state index >= 15 is 0 Å². The number of hydrogen-bond donors (Lipinski definition) is 2. The third-order valence-corrected chi connectivity index (χ3v) is 4.62. The van der Waals surface area contributed by atoms with Gasteiger partial charge >= 0.3 is 0 Å². The smallest absolute Gasteiger partial charge is 0.191 e. The molecule has 0 aliphatic carbocycles. The van der Waals surface area contributed by atoms with Gasteiger partial charge in [-0.2, -0.15) is 0 Å². The van der Waals surface area contributed by atoms with Gasteiger partial charge < -0.3 is 20.4 Å². The van der Waals surface area contributed by atoms with E-state index in [-0.39, 0.29) is 24.0 Å². The molecule has 1 aromatic heterocycles. The van der Waals surface area contributed by atoms with E-state index < -0.39 is 0 Å². The number of nitrogens with zero attached hydrogens (tertiary/aromatic N) is 4. The predicted octanol–water partition coefficient (Wildman–Crippen LogP) is 2.32. The highest BCUT2D eigenvalue weighted by Gasteiger charge is 2.15. The fourth-order valence-corrected chi connectivity index (χ4v) is 2.97. The van der Waals surface area contributed by atoms with Crippen molar-refractivity contribution in [2.45, 2.75) is 13.1 Å². The van der Waals surface area contributed by atoms with E-state index in [0.717, 1.165) is 51.0 Å². The van der Waals surface area contributed by atoms with Gasteiger partial charge in [-0.15, -0.1) is 24.0 Å². The molecule has 1 saturated heterocycles. The molecule has 0 radical (unpaired) electrons. The molecule has 27 heavy (non-hydrogen) atoms. The van der Waals surface area contributed by atoms with Crippen LogP contribution in [0.3, 0.4) is 0 Å². The number of likely N-dealkylation sites (N-methyl/N-ethyl adjacent to an activating group) is 1. The Kier molecular flexibility index (Phi) is 8.80. The van der Waals surface area contributed by atoms with Gasteiger partial charge in [0.25, 0.3) is 0 Å². The van der Waals surface area contributed by atoms with E-state index in [1.54, 1.807) is 7.05 Å². The van der Waals surface area contributed by atoms with Gasteiger partial charge in [0.1, 0.15) is 5.82 Å². The van der Waals surface area contributed by atoms with Crippen LogP contribution in [-0.2, 0) is 13.1 Å². The molecule has 0 amide bonds. The first kappa shape index (κ1) is 21.4. The average molecular weight is 480 g/mol. The van der Waals surface area contributed by atoms with Crippen molar-refractivity contribution in [2.75, 3.05) is 45.2 Å². The van der Waals surface area contributed by atoms with Gasteiger partial charge in [0.15, 0.2) is 5.96 Å². The molecule has 0 spiro atoms. The van der Waals surface area contributed by atoms with E-state index in [1.165, 1.54) is 11.1 Å². The number of guanidine groups is 1. The number of hydrogen-bond acceptors (Lipinski definition) is 4. The van der Waals surface area contributed by atoms with Gasteiger partial charge in [0, 0.05) is 52.5 Å². The monoisotopic (exact) mass is 480 g/mol. The average Bonchev–Trinajstić information content (AvgIpc) is 2.70. The van der Waals surface area contributed by atoms with Crippen LogP contribution in [0.4, 0.5) is 5.82 Å². The van der Waals surface area contributed by atoms with Crippen LogP contribution in [0.5, 0.6) is 0 Å². The largest absolute Gasteiger partial charge is 0.354 e. The summed E-state index contributed by atoms with van der Waals surface area (Å²) in [6.45, 7) is 5.70. The lowest BCUT2D eigenvalue weighted by Crippen LogP contribution is -2.44. The fourth-order valence-electron chi connectivity index (χ4n) is 2.97. The summed E-state index contributed by atoms with van der Waals surface area (Å²) >= 11 is 0. The highest BCUT2D eigenvalue weighted by molar-refractivity contribution is 14.0. The first-order valence-electron chi connectivity index (χ1n) is 9.11. The minimum atomic E-state index is 0. The van der Waals surface area contributed by atoms with Crippen LogP contribution in [0.2, 0.25) is 0 Å². The molecule has 146 valence electrons. The van der Waals surface area contributed by atoms with Crippen molar-refractivity contribution in [1.82, 2.24) is 20.5 Å². The number of benzene rings is 1. The summed E-state index contributed by atoms with van der Waals surface area (Å²) < 4.78 is 0. The minimum absolute atomic E-state index is 0. The maximum absolute atomic E-state index is 4.55. The van der Waals surface area contributed by atoms with Crippen LogP contribution in [-0.4, -0.2) is 56.1 Å². The van der Waals surface area contributed by atoms with Crippen molar-refractivity contribution in [3.8, 4) is 0 Å². The Morgan fingerprint density at radius 1 is 1.00 bits per heavy atom. The zero-order valence-corrected chi connectivity index (χ0v) is 18.4. The van der Waals surface area contributed by atoms with Crippen LogP contribution in [0.1, 0.15) is 11.1 Å². The number of anilines is 1. The number of aromatic nitrogens is 1. The van der Waals surface area contributed by atoms with Crippen molar-refractivity contribution < 1.29 is 0 Å². The van der Waals surface area contributed by atoms with Crippen molar-refractivity contribution >= 4 is 35.8 Å². The lowest BCUT2D eigenvalue weighted by atomic mass is 10.2. The summed E-state index contributed by atoms with van der Waals surface area (Å²) in [6.07, 6.45) is 1.89. The number of rotatable bonds is 5. The molecule has 0 unspecified atom stereocenters. The zero-order chi connectivity index (χ0) is 18.2.